The first kappa shape index (κ1) is 15.5. The molecular formula is C19H16N4OS. The fourth-order valence-electron chi connectivity index (χ4n) is 2.88. The zero-order valence-electron chi connectivity index (χ0n) is 13.6. The van der Waals surface area contributed by atoms with Crippen molar-refractivity contribution in [2.75, 3.05) is 5.32 Å². The number of aryl methyl sites for hydroxylation is 1. The fourth-order valence-corrected chi connectivity index (χ4v) is 3.59. The maximum absolute atomic E-state index is 12.7. The van der Waals surface area contributed by atoms with Crippen molar-refractivity contribution in [1.29, 1.82) is 0 Å². The monoisotopic (exact) mass is 348 g/mol. The Hall–Kier alpha value is -2.99. The summed E-state index contributed by atoms with van der Waals surface area (Å²) in [6.45, 7) is 2.77. The third-order valence-corrected chi connectivity index (χ3v) is 4.80. The molecule has 0 unspecified atom stereocenters. The molecule has 0 atom stereocenters. The van der Waals surface area contributed by atoms with Crippen molar-refractivity contribution in [3.63, 3.8) is 0 Å². The van der Waals surface area contributed by atoms with Gasteiger partial charge in [-0.05, 0) is 31.2 Å². The summed E-state index contributed by atoms with van der Waals surface area (Å²) in [5.41, 5.74) is 3.44. The quantitative estimate of drug-likeness (QED) is 0.593. The van der Waals surface area contributed by atoms with Gasteiger partial charge >= 0.3 is 0 Å². The van der Waals surface area contributed by atoms with E-state index in [1.165, 1.54) is 11.3 Å². The van der Waals surface area contributed by atoms with E-state index in [0.29, 0.717) is 10.8 Å². The number of nitrogens with zero attached hydrogens (tertiary/aromatic N) is 3. The molecule has 0 bridgehead atoms. The molecule has 0 fully saturated rings. The number of hydrogen-bond acceptors (Lipinski definition) is 4. The van der Waals surface area contributed by atoms with Crippen molar-refractivity contribution in [2.24, 2.45) is 0 Å². The van der Waals surface area contributed by atoms with E-state index in [9.17, 15) is 4.79 Å². The number of thiazole rings is 1. The van der Waals surface area contributed by atoms with Crippen LogP contribution in [0.2, 0.25) is 0 Å². The zero-order chi connectivity index (χ0) is 17.2. The minimum absolute atomic E-state index is 0.148. The van der Waals surface area contributed by atoms with Gasteiger partial charge < -0.3 is 4.57 Å². The van der Waals surface area contributed by atoms with E-state index in [1.807, 2.05) is 59.3 Å². The van der Waals surface area contributed by atoms with Crippen LogP contribution in [0, 0.1) is 0 Å². The Balaban J connectivity index is 1.62. The van der Waals surface area contributed by atoms with Crippen LogP contribution in [0.3, 0.4) is 0 Å². The van der Waals surface area contributed by atoms with Crippen molar-refractivity contribution >= 4 is 33.3 Å². The maximum atomic E-state index is 12.7. The summed E-state index contributed by atoms with van der Waals surface area (Å²) < 4.78 is 2.01. The highest BCUT2D eigenvalue weighted by atomic mass is 32.1. The lowest BCUT2D eigenvalue weighted by atomic mass is 10.2. The van der Waals surface area contributed by atoms with Gasteiger partial charge in [-0.2, -0.15) is 0 Å². The van der Waals surface area contributed by atoms with Gasteiger partial charge in [0.2, 0.25) is 0 Å². The summed E-state index contributed by atoms with van der Waals surface area (Å²) in [7, 11) is 0. The van der Waals surface area contributed by atoms with Gasteiger partial charge in [0.1, 0.15) is 5.69 Å². The molecule has 0 aliphatic rings. The summed E-state index contributed by atoms with van der Waals surface area (Å²) in [5, 5.41) is 6.47. The van der Waals surface area contributed by atoms with Crippen LogP contribution in [0.5, 0.6) is 0 Å². The van der Waals surface area contributed by atoms with Gasteiger partial charge in [0.15, 0.2) is 5.13 Å². The molecule has 4 aromatic rings. The predicted molar refractivity (Wildman–Crippen MR) is 101 cm³/mol. The molecule has 25 heavy (non-hydrogen) atoms. The van der Waals surface area contributed by atoms with Gasteiger partial charge in [-0.15, -0.1) is 11.3 Å². The number of rotatable bonds is 4. The van der Waals surface area contributed by atoms with Crippen LogP contribution in [-0.4, -0.2) is 20.4 Å². The molecule has 1 aromatic carbocycles. The van der Waals surface area contributed by atoms with Crippen molar-refractivity contribution in [3.8, 4) is 11.3 Å². The van der Waals surface area contributed by atoms with Crippen LogP contribution in [0.1, 0.15) is 17.4 Å². The van der Waals surface area contributed by atoms with Crippen molar-refractivity contribution in [1.82, 2.24) is 14.5 Å². The van der Waals surface area contributed by atoms with E-state index in [4.69, 9.17) is 0 Å². The Kier molecular flexibility index (Phi) is 4.03. The fraction of sp³-hybridized carbons (Fsp3) is 0.105. The lowest BCUT2D eigenvalue weighted by Crippen LogP contribution is -2.16. The lowest BCUT2D eigenvalue weighted by molar-refractivity contribution is 0.101. The maximum Gasteiger partial charge on any atom is 0.274 e. The molecule has 0 aliphatic heterocycles. The minimum atomic E-state index is -0.148. The SMILES string of the molecule is CCn1c(C(=O)Nc2nc(-c3cccnc3)cs2)cc2ccccc21. The van der Waals surface area contributed by atoms with E-state index in [-0.39, 0.29) is 5.91 Å². The molecule has 1 N–H and O–H groups in total. The number of amides is 1. The Morgan fingerprint density at radius 2 is 2.12 bits per heavy atom. The largest absolute Gasteiger partial charge is 0.337 e. The molecule has 4 rings (SSSR count). The van der Waals surface area contributed by atoms with Gasteiger partial charge in [0.25, 0.3) is 5.91 Å². The number of hydrogen-bond donors (Lipinski definition) is 1. The van der Waals surface area contributed by atoms with Gasteiger partial charge in [-0.1, -0.05) is 18.2 Å². The highest BCUT2D eigenvalue weighted by Gasteiger charge is 2.16. The third kappa shape index (κ3) is 2.92. The molecule has 5 nitrogen and oxygen atoms in total. The molecule has 0 radical (unpaired) electrons. The number of pyridine rings is 1. The number of nitrogens with one attached hydrogen (secondary N) is 1. The molecule has 0 saturated carbocycles. The Morgan fingerprint density at radius 1 is 1.24 bits per heavy atom. The molecule has 124 valence electrons. The van der Waals surface area contributed by atoms with Crippen LogP contribution in [-0.2, 0) is 6.54 Å². The molecule has 3 heterocycles. The second kappa shape index (κ2) is 6.49. The summed E-state index contributed by atoms with van der Waals surface area (Å²) in [4.78, 5) is 21.3. The lowest BCUT2D eigenvalue weighted by Gasteiger charge is -2.07. The van der Waals surface area contributed by atoms with E-state index >= 15 is 0 Å². The van der Waals surface area contributed by atoms with Crippen LogP contribution in [0.15, 0.2) is 60.2 Å². The van der Waals surface area contributed by atoms with E-state index < -0.39 is 0 Å². The Labute approximate surface area is 149 Å². The van der Waals surface area contributed by atoms with Gasteiger partial charge in [0.05, 0.1) is 5.69 Å². The highest BCUT2D eigenvalue weighted by Crippen LogP contribution is 2.25. The Bertz CT molecular complexity index is 1040. The molecular weight excluding hydrogens is 332 g/mol. The summed E-state index contributed by atoms with van der Waals surface area (Å²) in [5.74, 6) is -0.148. The number of carbonyl (C=O) groups is 1. The zero-order valence-corrected chi connectivity index (χ0v) is 14.5. The van der Waals surface area contributed by atoms with Crippen LogP contribution in [0.25, 0.3) is 22.2 Å². The topological polar surface area (TPSA) is 59.8 Å². The Morgan fingerprint density at radius 3 is 2.92 bits per heavy atom. The number of aromatic nitrogens is 3. The summed E-state index contributed by atoms with van der Waals surface area (Å²) in [6, 6.07) is 13.7. The molecule has 0 aliphatic carbocycles. The number of anilines is 1. The highest BCUT2D eigenvalue weighted by molar-refractivity contribution is 7.14. The average Bonchev–Trinajstić information content (AvgIpc) is 3.26. The van der Waals surface area contributed by atoms with Crippen LogP contribution < -0.4 is 5.32 Å². The average molecular weight is 348 g/mol. The van der Waals surface area contributed by atoms with E-state index in [0.717, 1.165) is 28.7 Å². The standard InChI is InChI=1S/C19H16N4OS/c1-2-23-16-8-4-3-6-13(16)10-17(23)18(24)22-19-21-15(12-25-19)14-7-5-9-20-11-14/h3-12H,2H2,1H3,(H,21,22,24). The molecule has 0 spiro atoms. The van der Waals surface area contributed by atoms with Crippen molar-refractivity contribution in [2.45, 2.75) is 13.5 Å². The number of fused-ring (bicyclic) bond motifs is 1. The van der Waals surface area contributed by atoms with Crippen LogP contribution >= 0.6 is 11.3 Å². The number of benzene rings is 1. The molecule has 1 amide bonds. The summed E-state index contributed by atoms with van der Waals surface area (Å²) in [6.07, 6.45) is 3.48. The van der Waals surface area contributed by atoms with Crippen LogP contribution in [0.4, 0.5) is 5.13 Å². The molecule has 0 saturated heterocycles. The minimum Gasteiger partial charge on any atom is -0.337 e. The normalized spacial score (nSPS) is 10.9. The summed E-state index contributed by atoms with van der Waals surface area (Å²) >= 11 is 1.41. The van der Waals surface area contributed by atoms with Crippen molar-refractivity contribution < 1.29 is 4.79 Å². The molecule has 6 heteroatoms. The van der Waals surface area contributed by atoms with Gasteiger partial charge in [-0.25, -0.2) is 4.98 Å². The van der Waals surface area contributed by atoms with Gasteiger partial charge in [0, 0.05) is 40.8 Å². The number of para-hydroxylation sites is 1. The third-order valence-electron chi connectivity index (χ3n) is 4.04. The van der Waals surface area contributed by atoms with Gasteiger partial charge in [-0.3, -0.25) is 15.1 Å². The second-order valence-electron chi connectivity index (χ2n) is 5.57. The smallest absolute Gasteiger partial charge is 0.274 e. The first-order valence-electron chi connectivity index (χ1n) is 8.02. The first-order chi connectivity index (χ1) is 12.3. The van der Waals surface area contributed by atoms with E-state index in [1.54, 1.807) is 12.4 Å². The molecule has 3 aromatic heterocycles. The van der Waals surface area contributed by atoms with Crippen molar-refractivity contribution in [3.05, 3.63) is 65.9 Å². The second-order valence-corrected chi connectivity index (χ2v) is 6.42. The number of carbonyl (C=O) groups excluding carboxylic acids is 1. The predicted octanol–water partition coefficient (Wildman–Crippen LogP) is 4.43. The van der Waals surface area contributed by atoms with E-state index in [2.05, 4.69) is 15.3 Å². The first-order valence-corrected chi connectivity index (χ1v) is 8.90.